The Morgan fingerprint density at radius 3 is 2.58 bits per heavy atom. The zero-order chi connectivity index (χ0) is 17.1. The Kier molecular flexibility index (Phi) is 4.38. The van der Waals surface area contributed by atoms with Crippen molar-refractivity contribution >= 4 is 44.8 Å². The quantitative estimate of drug-likeness (QED) is 0.496. The van der Waals surface area contributed by atoms with Gasteiger partial charge in [0.2, 0.25) is 11.6 Å². The molecule has 0 unspecified atom stereocenters. The van der Waals surface area contributed by atoms with Crippen LogP contribution in [0.25, 0.3) is 0 Å². The van der Waals surface area contributed by atoms with Gasteiger partial charge in [-0.25, -0.2) is 9.97 Å². The van der Waals surface area contributed by atoms with Crippen LogP contribution in [0.15, 0.2) is 45.7 Å². The summed E-state index contributed by atoms with van der Waals surface area (Å²) in [6.07, 6.45) is 1.22. The second-order valence-corrected chi connectivity index (χ2v) is 5.68. The Morgan fingerprint density at radius 1 is 1.21 bits per heavy atom. The van der Waals surface area contributed by atoms with Crippen molar-refractivity contribution in [1.82, 2.24) is 15.1 Å². The van der Waals surface area contributed by atoms with E-state index < -0.39 is 4.92 Å². The summed E-state index contributed by atoms with van der Waals surface area (Å²) in [5, 5.41) is 20.9. The van der Waals surface area contributed by atoms with Gasteiger partial charge >= 0.3 is 5.69 Å². The van der Waals surface area contributed by atoms with Crippen molar-refractivity contribution in [2.75, 3.05) is 10.6 Å². The van der Waals surface area contributed by atoms with E-state index in [1.165, 1.54) is 6.33 Å². The molecule has 24 heavy (non-hydrogen) atoms. The van der Waals surface area contributed by atoms with Crippen LogP contribution in [-0.4, -0.2) is 20.0 Å². The predicted molar refractivity (Wildman–Crippen MR) is 90.6 cm³/mol. The summed E-state index contributed by atoms with van der Waals surface area (Å²) in [4.78, 5) is 18.8. The number of aryl methyl sites for hydroxylation is 1. The number of aromatic nitrogens is 3. The summed E-state index contributed by atoms with van der Waals surface area (Å²) >= 11 is 3.35. The zero-order valence-corrected chi connectivity index (χ0v) is 13.9. The maximum atomic E-state index is 11.5. The van der Waals surface area contributed by atoms with Gasteiger partial charge in [0, 0.05) is 16.2 Å². The Morgan fingerprint density at radius 2 is 1.96 bits per heavy atom. The second kappa shape index (κ2) is 6.62. The van der Waals surface area contributed by atoms with Crippen LogP contribution in [0, 0.1) is 17.0 Å². The highest BCUT2D eigenvalue weighted by Crippen LogP contribution is 2.33. The maximum Gasteiger partial charge on any atom is 0.353 e. The fraction of sp³-hybridized carbons (Fsp3) is 0.0714. The molecule has 0 aliphatic rings. The van der Waals surface area contributed by atoms with Crippen LogP contribution in [0.1, 0.15) is 5.76 Å². The van der Waals surface area contributed by atoms with Crippen molar-refractivity contribution in [3.8, 4) is 0 Å². The van der Waals surface area contributed by atoms with Gasteiger partial charge in [-0.1, -0.05) is 27.2 Å². The molecule has 9 nitrogen and oxygen atoms in total. The first kappa shape index (κ1) is 15.9. The summed E-state index contributed by atoms with van der Waals surface area (Å²) in [5.41, 5.74) is 0.354. The molecule has 0 aliphatic carbocycles. The minimum Gasteiger partial charge on any atom is -0.360 e. The van der Waals surface area contributed by atoms with Gasteiger partial charge in [0.25, 0.3) is 0 Å². The van der Waals surface area contributed by atoms with Crippen molar-refractivity contribution in [2.45, 2.75) is 6.92 Å². The van der Waals surface area contributed by atoms with E-state index in [1.54, 1.807) is 31.2 Å². The van der Waals surface area contributed by atoms with Gasteiger partial charge in [0.15, 0.2) is 5.82 Å². The van der Waals surface area contributed by atoms with Gasteiger partial charge in [-0.05, 0) is 25.1 Å². The van der Waals surface area contributed by atoms with E-state index in [4.69, 9.17) is 4.52 Å². The van der Waals surface area contributed by atoms with E-state index in [-0.39, 0.29) is 17.3 Å². The molecule has 0 radical (unpaired) electrons. The molecule has 0 atom stereocenters. The monoisotopic (exact) mass is 390 g/mol. The lowest BCUT2D eigenvalue weighted by Crippen LogP contribution is -2.05. The van der Waals surface area contributed by atoms with E-state index in [9.17, 15) is 10.1 Å². The van der Waals surface area contributed by atoms with Gasteiger partial charge in [0.1, 0.15) is 12.1 Å². The lowest BCUT2D eigenvalue weighted by Gasteiger charge is -2.09. The first-order chi connectivity index (χ1) is 11.5. The molecule has 0 bridgehead atoms. The highest BCUT2D eigenvalue weighted by Gasteiger charge is 2.24. The molecule has 2 heterocycles. The van der Waals surface area contributed by atoms with Gasteiger partial charge in [-0.2, -0.15) is 0 Å². The third-order valence-corrected chi connectivity index (χ3v) is 3.46. The van der Waals surface area contributed by atoms with Crippen molar-refractivity contribution in [3.05, 3.63) is 57.0 Å². The third kappa shape index (κ3) is 3.49. The van der Waals surface area contributed by atoms with Gasteiger partial charge in [-0.15, -0.1) is 0 Å². The Bertz CT molecular complexity index is 898. The number of nitrogens with one attached hydrogen (secondary N) is 2. The smallest absolute Gasteiger partial charge is 0.353 e. The average Bonchev–Trinajstić information content (AvgIpc) is 2.92. The topological polar surface area (TPSA) is 119 Å². The van der Waals surface area contributed by atoms with Crippen LogP contribution in [0.4, 0.5) is 28.8 Å². The van der Waals surface area contributed by atoms with Gasteiger partial charge in [0.05, 0.1) is 4.92 Å². The van der Waals surface area contributed by atoms with E-state index in [2.05, 4.69) is 41.7 Å². The van der Waals surface area contributed by atoms with Crippen LogP contribution in [0.5, 0.6) is 0 Å². The largest absolute Gasteiger partial charge is 0.360 e. The fourth-order valence-corrected chi connectivity index (χ4v) is 2.38. The Balaban J connectivity index is 1.97. The Labute approximate surface area is 144 Å². The van der Waals surface area contributed by atoms with Crippen molar-refractivity contribution in [2.24, 2.45) is 0 Å². The summed E-state index contributed by atoms with van der Waals surface area (Å²) in [6, 6.07) is 8.80. The molecular formula is C14H11BrN6O3. The average molecular weight is 391 g/mol. The fourth-order valence-electron chi connectivity index (χ4n) is 1.98. The second-order valence-electron chi connectivity index (χ2n) is 4.76. The summed E-state index contributed by atoms with van der Waals surface area (Å²) in [7, 11) is 0. The molecule has 3 rings (SSSR count). The van der Waals surface area contributed by atoms with Crippen LogP contribution in [0.2, 0.25) is 0 Å². The normalized spacial score (nSPS) is 10.4. The molecule has 1 aromatic carbocycles. The van der Waals surface area contributed by atoms with Crippen LogP contribution in [-0.2, 0) is 0 Å². The molecule has 2 aromatic heterocycles. The highest BCUT2D eigenvalue weighted by molar-refractivity contribution is 9.10. The number of hydrogen-bond donors (Lipinski definition) is 2. The summed E-state index contributed by atoms with van der Waals surface area (Å²) in [5.74, 6) is 0.973. The molecule has 0 saturated heterocycles. The number of benzene rings is 1. The lowest BCUT2D eigenvalue weighted by atomic mass is 10.3. The minimum atomic E-state index is -0.560. The number of nitro groups is 1. The maximum absolute atomic E-state index is 11.5. The van der Waals surface area contributed by atoms with Crippen LogP contribution >= 0.6 is 15.9 Å². The standard InChI is InChI=1S/C14H11BrN6O3/c1-8-5-11(20-24-8)19-14-12(21(22)23)13(16-7-17-14)18-10-4-2-3-9(15)6-10/h2-7H,1H3,(H2,16,17,18,19,20). The number of halogens is 1. The molecule has 0 saturated carbocycles. The molecule has 2 N–H and O–H groups in total. The minimum absolute atomic E-state index is 0.0146. The van der Waals surface area contributed by atoms with Crippen molar-refractivity contribution < 1.29 is 9.45 Å². The van der Waals surface area contributed by atoms with Gasteiger partial charge in [-0.3, -0.25) is 10.1 Å². The summed E-state index contributed by atoms with van der Waals surface area (Å²) < 4.78 is 5.76. The first-order valence-electron chi connectivity index (χ1n) is 6.75. The predicted octanol–water partition coefficient (Wildman–Crippen LogP) is 3.93. The van der Waals surface area contributed by atoms with E-state index in [0.29, 0.717) is 17.3 Å². The van der Waals surface area contributed by atoms with Gasteiger partial charge < -0.3 is 15.2 Å². The third-order valence-electron chi connectivity index (χ3n) is 2.97. The van der Waals surface area contributed by atoms with E-state index >= 15 is 0 Å². The molecule has 3 aromatic rings. The number of hydrogen-bond acceptors (Lipinski definition) is 8. The number of rotatable bonds is 5. The molecule has 0 aliphatic heterocycles. The highest BCUT2D eigenvalue weighted by atomic mass is 79.9. The number of anilines is 4. The zero-order valence-electron chi connectivity index (χ0n) is 12.4. The Hall–Kier alpha value is -3.01. The number of nitrogens with zero attached hydrogens (tertiary/aromatic N) is 4. The SMILES string of the molecule is Cc1cc(Nc2ncnc(Nc3cccc(Br)c3)c2[N+](=O)[O-])no1. The lowest BCUT2D eigenvalue weighted by molar-refractivity contribution is -0.383. The molecule has 0 amide bonds. The van der Waals surface area contributed by atoms with E-state index in [0.717, 1.165) is 4.47 Å². The molecule has 0 fully saturated rings. The van der Waals surface area contributed by atoms with Crippen molar-refractivity contribution in [3.63, 3.8) is 0 Å². The van der Waals surface area contributed by atoms with Crippen LogP contribution < -0.4 is 10.6 Å². The summed E-state index contributed by atoms with van der Waals surface area (Å²) in [6.45, 7) is 1.72. The van der Waals surface area contributed by atoms with Crippen LogP contribution in [0.3, 0.4) is 0 Å². The molecule has 0 spiro atoms. The molecular weight excluding hydrogens is 380 g/mol. The molecule has 10 heteroatoms. The van der Waals surface area contributed by atoms with Crippen molar-refractivity contribution in [1.29, 1.82) is 0 Å². The van der Waals surface area contributed by atoms with E-state index in [1.807, 2.05) is 6.07 Å². The first-order valence-corrected chi connectivity index (χ1v) is 7.54. The molecule has 122 valence electrons.